The summed E-state index contributed by atoms with van der Waals surface area (Å²) in [5.74, 6) is 0. The molecule has 14 heavy (non-hydrogen) atoms. The Balaban J connectivity index is 2.40. The van der Waals surface area contributed by atoms with Crippen molar-refractivity contribution in [3.8, 4) is 10.6 Å². The van der Waals surface area contributed by atoms with E-state index in [0.29, 0.717) is 0 Å². The summed E-state index contributed by atoms with van der Waals surface area (Å²) < 4.78 is 0. The Bertz CT molecular complexity index is 437. The fraction of sp³-hybridized carbons (Fsp3) is 0. The van der Waals surface area contributed by atoms with Crippen molar-refractivity contribution in [3.63, 3.8) is 0 Å². The van der Waals surface area contributed by atoms with Gasteiger partial charge in [-0.2, -0.15) is 0 Å². The van der Waals surface area contributed by atoms with E-state index in [1.807, 2.05) is 29.6 Å². The summed E-state index contributed by atoms with van der Waals surface area (Å²) in [5, 5.41) is 14.3. The minimum Gasteiger partial charge on any atom is -0.411 e. The third-order valence-electron chi connectivity index (χ3n) is 1.77. The summed E-state index contributed by atoms with van der Waals surface area (Å²) in [4.78, 5) is 4.20. The van der Waals surface area contributed by atoms with Crippen LogP contribution in [0.1, 0.15) is 5.56 Å². The molecule has 0 aliphatic rings. The number of aromatic nitrogens is 1. The lowest BCUT2D eigenvalue weighted by atomic mass is 10.1. The van der Waals surface area contributed by atoms with Crippen LogP contribution < -0.4 is 0 Å². The van der Waals surface area contributed by atoms with E-state index in [0.717, 1.165) is 16.1 Å². The maximum Gasteiger partial charge on any atom is 0.123 e. The maximum absolute atomic E-state index is 8.40. The molecule has 0 amide bonds. The number of hydrogen-bond donors (Lipinski definition) is 1. The molecular weight excluding hydrogens is 196 g/mol. The van der Waals surface area contributed by atoms with Crippen LogP contribution in [0.2, 0.25) is 0 Å². The molecular formula is C10H8N2OS. The molecule has 1 aromatic heterocycles. The quantitative estimate of drug-likeness (QED) is 0.464. The molecule has 2 aromatic rings. The number of rotatable bonds is 2. The van der Waals surface area contributed by atoms with Gasteiger partial charge < -0.3 is 5.21 Å². The lowest BCUT2D eigenvalue weighted by Gasteiger charge is -1.96. The minimum atomic E-state index is 0.861. The van der Waals surface area contributed by atoms with Crippen molar-refractivity contribution in [2.45, 2.75) is 0 Å². The third kappa shape index (κ3) is 1.80. The average Bonchev–Trinajstić information content (AvgIpc) is 2.71. The zero-order valence-electron chi connectivity index (χ0n) is 7.29. The molecule has 3 nitrogen and oxygen atoms in total. The molecule has 0 fully saturated rings. The minimum absolute atomic E-state index is 0.861. The van der Waals surface area contributed by atoms with Crippen LogP contribution in [0.5, 0.6) is 0 Å². The number of nitrogens with zero attached hydrogens (tertiary/aromatic N) is 2. The predicted octanol–water partition coefficient (Wildman–Crippen LogP) is 2.62. The van der Waals surface area contributed by atoms with Gasteiger partial charge in [0.25, 0.3) is 0 Å². The first-order chi connectivity index (χ1) is 6.90. The van der Waals surface area contributed by atoms with Crippen LogP contribution in [-0.4, -0.2) is 16.4 Å². The third-order valence-corrected chi connectivity index (χ3v) is 2.59. The Morgan fingerprint density at radius 1 is 1.43 bits per heavy atom. The summed E-state index contributed by atoms with van der Waals surface area (Å²) in [7, 11) is 0. The highest BCUT2D eigenvalue weighted by Crippen LogP contribution is 2.21. The van der Waals surface area contributed by atoms with Crippen LogP contribution in [0.15, 0.2) is 41.0 Å². The van der Waals surface area contributed by atoms with Crippen molar-refractivity contribution in [1.29, 1.82) is 0 Å². The van der Waals surface area contributed by atoms with E-state index in [1.165, 1.54) is 6.21 Å². The second-order valence-electron chi connectivity index (χ2n) is 2.71. The summed E-state index contributed by atoms with van der Waals surface area (Å²) >= 11 is 1.58. The molecule has 0 atom stereocenters. The largest absolute Gasteiger partial charge is 0.411 e. The number of thiazole rings is 1. The Labute approximate surface area is 85.4 Å². The van der Waals surface area contributed by atoms with Gasteiger partial charge in [0, 0.05) is 17.1 Å². The smallest absolute Gasteiger partial charge is 0.123 e. The van der Waals surface area contributed by atoms with Crippen LogP contribution >= 0.6 is 11.3 Å². The summed E-state index contributed by atoms with van der Waals surface area (Å²) in [5.41, 5.74) is 1.90. The van der Waals surface area contributed by atoms with Gasteiger partial charge in [-0.3, -0.25) is 0 Å². The molecule has 0 saturated heterocycles. The standard InChI is InChI=1S/C10H8N2OS/c13-12-7-8-2-1-3-9(6-8)10-11-4-5-14-10/h1-7,13H. The van der Waals surface area contributed by atoms with E-state index in [1.54, 1.807) is 17.5 Å². The van der Waals surface area contributed by atoms with Gasteiger partial charge in [0.2, 0.25) is 0 Å². The molecule has 1 N–H and O–H groups in total. The first-order valence-corrected chi connectivity index (χ1v) is 4.95. The molecule has 0 saturated carbocycles. The first-order valence-electron chi connectivity index (χ1n) is 4.07. The zero-order valence-corrected chi connectivity index (χ0v) is 8.11. The van der Waals surface area contributed by atoms with E-state index >= 15 is 0 Å². The van der Waals surface area contributed by atoms with Crippen molar-refractivity contribution in [2.24, 2.45) is 5.16 Å². The molecule has 1 heterocycles. The summed E-state index contributed by atoms with van der Waals surface area (Å²) in [6.07, 6.45) is 3.17. The molecule has 0 unspecified atom stereocenters. The second kappa shape index (κ2) is 4.02. The molecule has 0 spiro atoms. The van der Waals surface area contributed by atoms with Crippen molar-refractivity contribution < 1.29 is 5.21 Å². The van der Waals surface area contributed by atoms with Crippen LogP contribution in [0.3, 0.4) is 0 Å². The predicted molar refractivity (Wildman–Crippen MR) is 56.9 cm³/mol. The van der Waals surface area contributed by atoms with Gasteiger partial charge in [-0.25, -0.2) is 4.98 Å². The van der Waals surface area contributed by atoms with E-state index in [4.69, 9.17) is 5.21 Å². The van der Waals surface area contributed by atoms with E-state index in [-0.39, 0.29) is 0 Å². The fourth-order valence-corrected chi connectivity index (χ4v) is 1.82. The number of benzene rings is 1. The van der Waals surface area contributed by atoms with Crippen molar-refractivity contribution in [2.75, 3.05) is 0 Å². The number of oxime groups is 1. The van der Waals surface area contributed by atoms with Gasteiger partial charge in [-0.05, 0) is 11.6 Å². The van der Waals surface area contributed by atoms with Gasteiger partial charge in [-0.15, -0.1) is 11.3 Å². The molecule has 0 aliphatic heterocycles. The van der Waals surface area contributed by atoms with Gasteiger partial charge in [0.05, 0.1) is 6.21 Å². The Morgan fingerprint density at radius 2 is 2.36 bits per heavy atom. The van der Waals surface area contributed by atoms with Crippen LogP contribution in [0.4, 0.5) is 0 Å². The zero-order chi connectivity index (χ0) is 9.80. The fourth-order valence-electron chi connectivity index (χ4n) is 1.18. The van der Waals surface area contributed by atoms with Crippen molar-refractivity contribution in [1.82, 2.24) is 4.98 Å². The van der Waals surface area contributed by atoms with E-state index in [9.17, 15) is 0 Å². The maximum atomic E-state index is 8.40. The monoisotopic (exact) mass is 204 g/mol. The Hall–Kier alpha value is -1.68. The van der Waals surface area contributed by atoms with E-state index in [2.05, 4.69) is 10.1 Å². The molecule has 4 heteroatoms. The summed E-state index contributed by atoms with van der Waals surface area (Å²) in [6.45, 7) is 0. The van der Waals surface area contributed by atoms with Gasteiger partial charge in [0.1, 0.15) is 5.01 Å². The lowest BCUT2D eigenvalue weighted by Crippen LogP contribution is -1.82. The van der Waals surface area contributed by atoms with Crippen molar-refractivity contribution in [3.05, 3.63) is 41.4 Å². The topological polar surface area (TPSA) is 45.5 Å². The molecule has 70 valence electrons. The molecule has 0 bridgehead atoms. The molecule has 1 aromatic carbocycles. The SMILES string of the molecule is ON=Cc1cccc(-c2nccs2)c1. The van der Waals surface area contributed by atoms with Crippen LogP contribution in [0, 0.1) is 0 Å². The molecule has 0 radical (unpaired) electrons. The highest BCUT2D eigenvalue weighted by molar-refractivity contribution is 7.13. The highest BCUT2D eigenvalue weighted by atomic mass is 32.1. The molecule has 2 rings (SSSR count). The lowest BCUT2D eigenvalue weighted by molar-refractivity contribution is 0.322. The van der Waals surface area contributed by atoms with E-state index < -0.39 is 0 Å². The molecule has 0 aliphatic carbocycles. The highest BCUT2D eigenvalue weighted by Gasteiger charge is 1.99. The van der Waals surface area contributed by atoms with Crippen molar-refractivity contribution >= 4 is 17.6 Å². The van der Waals surface area contributed by atoms with Gasteiger partial charge in [0.15, 0.2) is 0 Å². The van der Waals surface area contributed by atoms with Gasteiger partial charge >= 0.3 is 0 Å². The number of hydrogen-bond acceptors (Lipinski definition) is 4. The van der Waals surface area contributed by atoms with Crippen LogP contribution in [-0.2, 0) is 0 Å². The Morgan fingerprint density at radius 3 is 3.07 bits per heavy atom. The van der Waals surface area contributed by atoms with Crippen LogP contribution in [0.25, 0.3) is 10.6 Å². The second-order valence-corrected chi connectivity index (χ2v) is 3.60. The Kier molecular flexibility index (Phi) is 2.55. The average molecular weight is 204 g/mol. The normalized spacial score (nSPS) is 10.9. The summed E-state index contributed by atoms with van der Waals surface area (Å²) in [6, 6.07) is 7.69. The van der Waals surface area contributed by atoms with Gasteiger partial charge in [-0.1, -0.05) is 23.4 Å². The first kappa shape index (κ1) is 8.90.